The van der Waals surface area contributed by atoms with Crippen LogP contribution in [0.1, 0.15) is 78.0 Å². The van der Waals surface area contributed by atoms with Crippen molar-refractivity contribution in [3.63, 3.8) is 0 Å². The topological polar surface area (TPSA) is 104 Å². The van der Waals surface area contributed by atoms with Crippen LogP contribution >= 0.6 is 0 Å². The van der Waals surface area contributed by atoms with Crippen molar-refractivity contribution >= 4 is 31.9 Å². The van der Waals surface area contributed by atoms with Crippen molar-refractivity contribution in [2.45, 2.75) is 129 Å². The number of hydrogen-bond acceptors (Lipinski definition) is 8. The van der Waals surface area contributed by atoms with Gasteiger partial charge in [-0.05, 0) is 36.0 Å². The molecule has 3 aliphatic rings. The van der Waals surface area contributed by atoms with Gasteiger partial charge in [-0.25, -0.2) is 0 Å². The first-order valence-corrected chi connectivity index (χ1v) is 23.3. The SMILES string of the molecule is CC1(C)[C@@H]2[C@@H](OS(C)(=O)=O)C[C@@H](O)[C@H](c3cc(CO[Si](C)(C)C(C)(C)C)c([Si](C)(C)C)o3)[C@@]2(C)CCC12OCCO2. The Hall–Kier alpha value is -0.536. The van der Waals surface area contributed by atoms with E-state index in [1.807, 2.05) is 0 Å². The molecule has 1 aromatic heterocycles. The van der Waals surface area contributed by atoms with Crippen molar-refractivity contribution in [3.8, 4) is 0 Å². The molecule has 1 saturated heterocycles. The Kier molecular flexibility index (Phi) is 8.57. The molecule has 1 aliphatic heterocycles. The molecule has 8 nitrogen and oxygen atoms in total. The number of rotatable bonds is 7. The number of ether oxygens (including phenoxy) is 2. The highest BCUT2D eigenvalue weighted by Crippen LogP contribution is 2.67. The number of aliphatic hydroxyl groups excluding tert-OH is 1. The fraction of sp³-hybridized carbons (Fsp3) is 0.867. The van der Waals surface area contributed by atoms with Gasteiger partial charge in [0.05, 0.1) is 43.7 Å². The summed E-state index contributed by atoms with van der Waals surface area (Å²) in [6.07, 6.45) is 1.02. The minimum atomic E-state index is -3.77. The molecule has 2 aliphatic carbocycles. The van der Waals surface area contributed by atoms with Crippen molar-refractivity contribution in [1.82, 2.24) is 0 Å². The zero-order valence-electron chi connectivity index (χ0n) is 27.3. The lowest BCUT2D eigenvalue weighted by atomic mass is 9.45. The molecule has 2 heterocycles. The first-order chi connectivity index (χ1) is 18.5. The molecule has 3 fully saturated rings. The molecule has 1 spiro atoms. The molecule has 11 heteroatoms. The molecular formula is C30H54O8SSi2. The van der Waals surface area contributed by atoms with Gasteiger partial charge < -0.3 is 23.4 Å². The van der Waals surface area contributed by atoms with E-state index in [0.29, 0.717) is 32.7 Å². The fourth-order valence-electron chi connectivity index (χ4n) is 7.79. The molecule has 0 radical (unpaired) electrons. The molecule has 5 atom stereocenters. The highest BCUT2D eigenvalue weighted by atomic mass is 32.2. The Morgan fingerprint density at radius 3 is 2.15 bits per heavy atom. The zero-order chi connectivity index (χ0) is 31.0. The Morgan fingerprint density at radius 2 is 1.63 bits per heavy atom. The van der Waals surface area contributed by atoms with Gasteiger partial charge >= 0.3 is 0 Å². The molecule has 0 amide bonds. The first-order valence-electron chi connectivity index (χ1n) is 15.1. The predicted octanol–water partition coefficient (Wildman–Crippen LogP) is 5.73. The normalized spacial score (nSPS) is 32.3. The molecule has 4 rings (SSSR count). The Bertz CT molecular complexity index is 1220. The van der Waals surface area contributed by atoms with E-state index < -0.39 is 55.3 Å². The van der Waals surface area contributed by atoms with Crippen molar-refractivity contribution in [1.29, 1.82) is 0 Å². The molecular weight excluding hydrogens is 577 g/mol. The fourth-order valence-corrected chi connectivity index (χ4v) is 10.9. The maximum Gasteiger partial charge on any atom is 0.264 e. The highest BCUT2D eigenvalue weighted by molar-refractivity contribution is 7.86. The van der Waals surface area contributed by atoms with Crippen LogP contribution in [0.25, 0.3) is 0 Å². The van der Waals surface area contributed by atoms with E-state index in [4.69, 9.17) is 22.5 Å². The lowest BCUT2D eigenvalue weighted by Crippen LogP contribution is -2.66. The lowest BCUT2D eigenvalue weighted by Gasteiger charge is -2.64. The second kappa shape index (κ2) is 10.5. The van der Waals surface area contributed by atoms with Crippen molar-refractivity contribution < 1.29 is 36.0 Å². The minimum absolute atomic E-state index is 0.0851. The summed E-state index contributed by atoms with van der Waals surface area (Å²) in [6.45, 7) is 25.9. The summed E-state index contributed by atoms with van der Waals surface area (Å²) in [6, 6.07) is 2.12. The summed E-state index contributed by atoms with van der Waals surface area (Å²) < 4.78 is 56.7. The van der Waals surface area contributed by atoms with Gasteiger partial charge in [-0.2, -0.15) is 8.42 Å². The molecule has 0 unspecified atom stereocenters. The van der Waals surface area contributed by atoms with E-state index in [2.05, 4.69) is 80.3 Å². The Balaban J connectivity index is 1.80. The van der Waals surface area contributed by atoms with Crippen LogP contribution in [0.5, 0.6) is 0 Å². The van der Waals surface area contributed by atoms with Crippen molar-refractivity contribution in [3.05, 3.63) is 17.4 Å². The van der Waals surface area contributed by atoms with Gasteiger partial charge in [0.1, 0.15) is 13.8 Å². The average Bonchev–Trinajstić information content (AvgIpc) is 3.41. The van der Waals surface area contributed by atoms with Crippen LogP contribution in [0.4, 0.5) is 0 Å². The summed E-state index contributed by atoms with van der Waals surface area (Å²) in [5, 5.41) is 12.9. The van der Waals surface area contributed by atoms with Crippen LogP contribution in [0.2, 0.25) is 37.8 Å². The van der Waals surface area contributed by atoms with Crippen LogP contribution in [-0.2, 0) is 34.8 Å². The maximum absolute atomic E-state index is 12.5. The molecule has 2 saturated carbocycles. The Morgan fingerprint density at radius 1 is 1.05 bits per heavy atom. The summed E-state index contributed by atoms with van der Waals surface area (Å²) in [7, 11) is -7.68. The molecule has 0 bridgehead atoms. The number of furan rings is 1. The van der Waals surface area contributed by atoms with E-state index in [1.54, 1.807) is 0 Å². The van der Waals surface area contributed by atoms with Crippen LogP contribution in [0.15, 0.2) is 10.5 Å². The van der Waals surface area contributed by atoms with Gasteiger partial charge in [-0.15, -0.1) is 0 Å². The second-order valence-corrected chi connectivity index (χ2v) is 27.4. The number of hydrogen-bond donors (Lipinski definition) is 1. The smallest absolute Gasteiger partial charge is 0.264 e. The quantitative estimate of drug-likeness (QED) is 0.301. The van der Waals surface area contributed by atoms with Gasteiger partial charge in [0.25, 0.3) is 10.1 Å². The van der Waals surface area contributed by atoms with Crippen LogP contribution in [0.3, 0.4) is 0 Å². The highest BCUT2D eigenvalue weighted by Gasteiger charge is 2.69. The lowest BCUT2D eigenvalue weighted by molar-refractivity contribution is -0.307. The minimum Gasteiger partial charge on any atom is -0.470 e. The molecule has 1 N–H and O–H groups in total. The second-order valence-electron chi connectivity index (χ2n) is 16.1. The van der Waals surface area contributed by atoms with Crippen LogP contribution < -0.4 is 5.38 Å². The van der Waals surface area contributed by atoms with E-state index in [-0.39, 0.29) is 23.3 Å². The van der Waals surface area contributed by atoms with Gasteiger partial charge in [0, 0.05) is 35.7 Å². The van der Waals surface area contributed by atoms with Gasteiger partial charge in [-0.3, -0.25) is 4.18 Å². The first kappa shape index (κ1) is 33.4. The molecule has 1 aromatic rings. The summed E-state index contributed by atoms with van der Waals surface area (Å²) in [5.41, 5.74) is -0.0597. The van der Waals surface area contributed by atoms with Crippen LogP contribution in [0, 0.1) is 16.7 Å². The molecule has 0 aromatic carbocycles. The largest absolute Gasteiger partial charge is 0.470 e. The van der Waals surface area contributed by atoms with Crippen molar-refractivity contribution in [2.75, 3.05) is 19.5 Å². The van der Waals surface area contributed by atoms with Crippen molar-refractivity contribution in [2.24, 2.45) is 16.7 Å². The summed E-state index contributed by atoms with van der Waals surface area (Å²) >= 11 is 0. The van der Waals surface area contributed by atoms with E-state index in [1.165, 1.54) is 0 Å². The third-order valence-electron chi connectivity index (χ3n) is 10.7. The number of aliphatic hydroxyl groups is 1. The van der Waals surface area contributed by atoms with Crippen LogP contribution in [-0.4, -0.2) is 67.4 Å². The number of fused-ring (bicyclic) bond motifs is 1. The molecule has 236 valence electrons. The van der Waals surface area contributed by atoms with Gasteiger partial charge in [0.2, 0.25) is 0 Å². The molecule has 41 heavy (non-hydrogen) atoms. The van der Waals surface area contributed by atoms with Gasteiger partial charge in [0.15, 0.2) is 14.1 Å². The Labute approximate surface area is 250 Å². The third-order valence-corrected chi connectivity index (χ3v) is 17.5. The van der Waals surface area contributed by atoms with E-state index in [9.17, 15) is 13.5 Å². The third kappa shape index (κ3) is 5.95. The predicted molar refractivity (Wildman–Crippen MR) is 166 cm³/mol. The standard InChI is InChI=1S/C30H54O8SSi2/c1-27(2,3)41(11,12)36-19-20-17-22(37-26(20)40(8,9)10)24-21(31)18-23(38-39(7,32)33)25-28(4,5)30(34-15-16-35-30)14-13-29(24,25)6/h17,21,23-25,31H,13-16,18-19H2,1-12H3/t21-,23+,24-,25+,29-/m1/s1. The van der Waals surface area contributed by atoms with E-state index in [0.717, 1.165) is 23.0 Å². The van der Waals surface area contributed by atoms with E-state index >= 15 is 0 Å². The zero-order valence-corrected chi connectivity index (χ0v) is 30.2. The summed E-state index contributed by atoms with van der Waals surface area (Å²) in [5.74, 6) is -0.689. The summed E-state index contributed by atoms with van der Waals surface area (Å²) in [4.78, 5) is 0. The monoisotopic (exact) mass is 630 g/mol. The van der Waals surface area contributed by atoms with Gasteiger partial charge in [-0.1, -0.05) is 61.2 Å². The average molecular weight is 631 g/mol. The maximum atomic E-state index is 12.5.